The highest BCUT2D eigenvalue weighted by atomic mass is 32.2. The number of nitrogens with one attached hydrogen (secondary N) is 1. The van der Waals surface area contributed by atoms with Crippen LogP contribution < -0.4 is 5.32 Å². The maximum Gasteiger partial charge on any atom is 0.157 e. The Hall–Kier alpha value is -0.480. The number of thiophene rings is 1. The van der Waals surface area contributed by atoms with Crippen molar-refractivity contribution in [2.24, 2.45) is 10.9 Å². The van der Waals surface area contributed by atoms with Crippen LogP contribution in [0.15, 0.2) is 11.1 Å². The fraction of sp³-hybridized carbons (Fsp3) is 0.643. The summed E-state index contributed by atoms with van der Waals surface area (Å²) >= 11 is 3.73. The number of aliphatic imine (C=N–C) groups is 1. The van der Waals surface area contributed by atoms with Gasteiger partial charge in [0.1, 0.15) is 0 Å². The van der Waals surface area contributed by atoms with E-state index < -0.39 is 0 Å². The highest BCUT2D eigenvalue weighted by molar-refractivity contribution is 8.13. The van der Waals surface area contributed by atoms with Gasteiger partial charge in [0.05, 0.1) is 12.1 Å². The van der Waals surface area contributed by atoms with Gasteiger partial charge in [-0.15, -0.1) is 11.3 Å². The first kappa shape index (κ1) is 13.9. The van der Waals surface area contributed by atoms with Crippen LogP contribution in [0.4, 0.5) is 0 Å². The number of hydrogen-bond acceptors (Lipinski definition) is 4. The summed E-state index contributed by atoms with van der Waals surface area (Å²) in [5.74, 6) is 1.85. The van der Waals surface area contributed by atoms with Gasteiger partial charge in [0.2, 0.25) is 0 Å². The lowest BCUT2D eigenvalue weighted by molar-refractivity contribution is 0.532. The molecule has 1 aliphatic rings. The van der Waals surface area contributed by atoms with E-state index in [0.717, 1.165) is 5.17 Å². The minimum absolute atomic E-state index is 0.349. The van der Waals surface area contributed by atoms with Crippen molar-refractivity contribution in [3.05, 3.63) is 21.4 Å². The number of nitrogens with zero attached hydrogens (tertiary/aromatic N) is 1. The lowest BCUT2D eigenvalue weighted by Gasteiger charge is -2.25. The molecule has 0 fully saturated rings. The second-order valence-corrected chi connectivity index (χ2v) is 7.67. The first-order chi connectivity index (χ1) is 8.47. The van der Waals surface area contributed by atoms with E-state index in [1.165, 1.54) is 21.1 Å². The molecule has 18 heavy (non-hydrogen) atoms. The third-order valence-electron chi connectivity index (χ3n) is 3.51. The number of amidine groups is 1. The van der Waals surface area contributed by atoms with Gasteiger partial charge in [-0.05, 0) is 45.2 Å². The standard InChI is InChI=1S/C14H22N2S2/c1-8-7-17-14(15-10(8)3)16-11(4)13-6-9(2)18-12(13)5/h6,8,10-11H,7H2,1-5H3,(H,15,16). The summed E-state index contributed by atoms with van der Waals surface area (Å²) in [6.07, 6.45) is 0. The molecule has 1 aliphatic heterocycles. The van der Waals surface area contributed by atoms with Gasteiger partial charge in [-0.1, -0.05) is 18.7 Å². The van der Waals surface area contributed by atoms with E-state index >= 15 is 0 Å². The molecule has 4 heteroatoms. The Morgan fingerprint density at radius 2 is 2.11 bits per heavy atom. The van der Waals surface area contributed by atoms with E-state index in [4.69, 9.17) is 4.99 Å². The van der Waals surface area contributed by atoms with Gasteiger partial charge >= 0.3 is 0 Å². The van der Waals surface area contributed by atoms with E-state index in [1.807, 2.05) is 23.1 Å². The smallest absolute Gasteiger partial charge is 0.157 e. The summed E-state index contributed by atoms with van der Waals surface area (Å²) in [4.78, 5) is 7.53. The molecule has 0 spiro atoms. The summed E-state index contributed by atoms with van der Waals surface area (Å²) in [5, 5.41) is 4.67. The van der Waals surface area contributed by atoms with Crippen molar-refractivity contribution in [2.45, 2.75) is 46.7 Å². The molecular weight excluding hydrogens is 260 g/mol. The van der Waals surface area contributed by atoms with Crippen molar-refractivity contribution in [1.82, 2.24) is 5.32 Å². The predicted octanol–water partition coefficient (Wildman–Crippen LogP) is 4.14. The Morgan fingerprint density at radius 1 is 1.39 bits per heavy atom. The van der Waals surface area contributed by atoms with Crippen LogP contribution in [-0.2, 0) is 0 Å². The average Bonchev–Trinajstić information content (AvgIpc) is 2.63. The van der Waals surface area contributed by atoms with Crippen LogP contribution >= 0.6 is 23.1 Å². The zero-order valence-electron chi connectivity index (χ0n) is 11.8. The Labute approximate surface area is 118 Å². The summed E-state index contributed by atoms with van der Waals surface area (Å²) in [6, 6.07) is 3.07. The van der Waals surface area contributed by atoms with Gasteiger partial charge in [-0.2, -0.15) is 0 Å². The van der Waals surface area contributed by atoms with Crippen LogP contribution in [0, 0.1) is 19.8 Å². The Kier molecular flexibility index (Phi) is 4.38. The molecule has 0 amide bonds. The molecule has 0 aliphatic carbocycles. The highest BCUT2D eigenvalue weighted by Gasteiger charge is 2.21. The average molecular weight is 282 g/mol. The first-order valence-electron chi connectivity index (χ1n) is 6.51. The molecule has 3 atom stereocenters. The molecule has 1 aromatic heterocycles. The van der Waals surface area contributed by atoms with Crippen molar-refractivity contribution >= 4 is 28.3 Å². The molecule has 2 nitrogen and oxygen atoms in total. The topological polar surface area (TPSA) is 24.4 Å². The zero-order chi connectivity index (χ0) is 13.3. The maximum absolute atomic E-state index is 4.74. The largest absolute Gasteiger partial charge is 0.358 e. The minimum Gasteiger partial charge on any atom is -0.358 e. The van der Waals surface area contributed by atoms with Gasteiger partial charge in [-0.3, -0.25) is 4.99 Å². The Balaban J connectivity index is 2.06. The van der Waals surface area contributed by atoms with Crippen molar-refractivity contribution in [3.63, 3.8) is 0 Å². The molecule has 100 valence electrons. The van der Waals surface area contributed by atoms with Gasteiger partial charge in [0.25, 0.3) is 0 Å². The summed E-state index contributed by atoms with van der Waals surface area (Å²) in [5.41, 5.74) is 1.41. The number of thioether (sulfide) groups is 1. The van der Waals surface area contributed by atoms with E-state index in [0.29, 0.717) is 18.0 Å². The fourth-order valence-corrected chi connectivity index (χ4v) is 4.34. The number of rotatable bonds is 2. The molecule has 0 aromatic carbocycles. The Morgan fingerprint density at radius 3 is 2.67 bits per heavy atom. The van der Waals surface area contributed by atoms with Crippen molar-refractivity contribution < 1.29 is 0 Å². The third-order valence-corrected chi connectivity index (χ3v) is 5.68. The van der Waals surface area contributed by atoms with Crippen LogP contribution in [0.1, 0.15) is 42.1 Å². The highest BCUT2D eigenvalue weighted by Crippen LogP contribution is 2.28. The summed E-state index contributed by atoms with van der Waals surface area (Å²) in [7, 11) is 0. The molecule has 0 radical (unpaired) electrons. The summed E-state index contributed by atoms with van der Waals surface area (Å²) in [6.45, 7) is 11.1. The molecule has 0 saturated heterocycles. The van der Waals surface area contributed by atoms with Crippen molar-refractivity contribution in [2.75, 3.05) is 5.75 Å². The van der Waals surface area contributed by atoms with Crippen LogP contribution in [0.2, 0.25) is 0 Å². The second kappa shape index (κ2) is 5.66. The monoisotopic (exact) mass is 282 g/mol. The molecule has 2 heterocycles. The normalized spacial score (nSPS) is 25.7. The van der Waals surface area contributed by atoms with E-state index in [2.05, 4.69) is 46.0 Å². The van der Waals surface area contributed by atoms with Gasteiger partial charge in [-0.25, -0.2) is 0 Å². The second-order valence-electron chi connectivity index (χ2n) is 5.20. The summed E-state index contributed by atoms with van der Waals surface area (Å²) < 4.78 is 0. The first-order valence-corrected chi connectivity index (χ1v) is 8.31. The van der Waals surface area contributed by atoms with E-state index in [1.54, 1.807) is 0 Å². The molecule has 0 bridgehead atoms. The lowest BCUT2D eigenvalue weighted by Crippen LogP contribution is -2.31. The van der Waals surface area contributed by atoms with Gasteiger partial charge in [0.15, 0.2) is 5.17 Å². The maximum atomic E-state index is 4.74. The molecule has 3 unspecified atom stereocenters. The zero-order valence-corrected chi connectivity index (χ0v) is 13.4. The van der Waals surface area contributed by atoms with Crippen LogP contribution in [0.5, 0.6) is 0 Å². The van der Waals surface area contributed by atoms with Crippen molar-refractivity contribution in [1.29, 1.82) is 0 Å². The van der Waals surface area contributed by atoms with E-state index in [9.17, 15) is 0 Å². The quantitative estimate of drug-likeness (QED) is 0.881. The minimum atomic E-state index is 0.349. The predicted molar refractivity (Wildman–Crippen MR) is 83.9 cm³/mol. The van der Waals surface area contributed by atoms with Gasteiger partial charge in [0, 0.05) is 15.5 Å². The van der Waals surface area contributed by atoms with Crippen LogP contribution in [-0.4, -0.2) is 17.0 Å². The molecule has 0 saturated carbocycles. The molecule has 1 N–H and O–H groups in total. The number of aryl methyl sites for hydroxylation is 2. The molecular formula is C14H22N2S2. The van der Waals surface area contributed by atoms with Crippen LogP contribution in [0.3, 0.4) is 0 Å². The van der Waals surface area contributed by atoms with Crippen molar-refractivity contribution in [3.8, 4) is 0 Å². The lowest BCUT2D eigenvalue weighted by atomic mass is 10.1. The third kappa shape index (κ3) is 3.09. The number of hydrogen-bond donors (Lipinski definition) is 1. The molecule has 1 aromatic rings. The molecule has 2 rings (SSSR count). The van der Waals surface area contributed by atoms with E-state index in [-0.39, 0.29) is 0 Å². The SMILES string of the molecule is Cc1cc(C(C)NC2=NC(C)C(C)CS2)c(C)s1. The fourth-order valence-electron chi connectivity index (χ4n) is 2.12. The van der Waals surface area contributed by atoms with Crippen LogP contribution in [0.25, 0.3) is 0 Å². The van der Waals surface area contributed by atoms with Gasteiger partial charge < -0.3 is 5.32 Å². The Bertz CT molecular complexity index is 451.